The highest BCUT2D eigenvalue weighted by molar-refractivity contribution is 5.78. The Labute approximate surface area is 118 Å². The zero-order chi connectivity index (χ0) is 14.7. The van der Waals surface area contributed by atoms with Crippen LogP contribution >= 0.6 is 0 Å². The molecule has 0 aliphatic carbocycles. The molecular formula is C15H32N2O2. The first-order chi connectivity index (χ1) is 9.12. The van der Waals surface area contributed by atoms with Gasteiger partial charge in [0.2, 0.25) is 5.91 Å². The summed E-state index contributed by atoms with van der Waals surface area (Å²) in [7, 11) is 1.64. The summed E-state index contributed by atoms with van der Waals surface area (Å²) in [6, 6.07) is 0. The van der Waals surface area contributed by atoms with Crippen LogP contribution in [0.4, 0.5) is 0 Å². The highest BCUT2D eigenvalue weighted by atomic mass is 16.3. The van der Waals surface area contributed by atoms with E-state index in [9.17, 15) is 9.90 Å². The van der Waals surface area contributed by atoms with Crippen LogP contribution in [0.2, 0.25) is 0 Å². The van der Waals surface area contributed by atoms with Gasteiger partial charge in [-0.3, -0.25) is 9.69 Å². The number of aliphatic hydroxyl groups excluding tert-OH is 1. The van der Waals surface area contributed by atoms with Gasteiger partial charge >= 0.3 is 0 Å². The number of amides is 1. The van der Waals surface area contributed by atoms with Crippen LogP contribution in [0.1, 0.15) is 59.3 Å². The van der Waals surface area contributed by atoms with E-state index in [4.69, 9.17) is 0 Å². The van der Waals surface area contributed by atoms with Gasteiger partial charge in [-0.05, 0) is 19.3 Å². The quantitative estimate of drug-likeness (QED) is 0.568. The van der Waals surface area contributed by atoms with E-state index < -0.39 is 6.23 Å². The van der Waals surface area contributed by atoms with E-state index in [1.807, 2.05) is 6.92 Å². The van der Waals surface area contributed by atoms with E-state index in [0.29, 0.717) is 0 Å². The van der Waals surface area contributed by atoms with Crippen LogP contribution in [-0.4, -0.2) is 42.3 Å². The van der Waals surface area contributed by atoms with E-state index in [-0.39, 0.29) is 11.8 Å². The maximum absolute atomic E-state index is 11.9. The predicted octanol–water partition coefficient (Wildman–Crippen LogP) is 2.37. The maximum Gasteiger partial charge on any atom is 0.226 e. The second kappa shape index (κ2) is 11.2. The van der Waals surface area contributed by atoms with Gasteiger partial charge in [0.05, 0.1) is 5.92 Å². The standard InChI is InChI=1S/C15H32N2O2/c1-5-8-11-17(12-9-6-2)15(19)13(10-7-3)14(18)16-4/h13,15,19H,5-12H2,1-4H3,(H,16,18). The van der Waals surface area contributed by atoms with Crippen molar-refractivity contribution in [3.05, 3.63) is 0 Å². The molecule has 0 aromatic carbocycles. The Morgan fingerprint density at radius 1 is 1.11 bits per heavy atom. The molecule has 114 valence electrons. The fourth-order valence-corrected chi connectivity index (χ4v) is 2.27. The highest BCUT2D eigenvalue weighted by Crippen LogP contribution is 2.17. The number of carbonyl (C=O) groups is 1. The molecule has 0 fully saturated rings. The van der Waals surface area contributed by atoms with Gasteiger partial charge in [-0.2, -0.15) is 0 Å². The van der Waals surface area contributed by atoms with Gasteiger partial charge in [-0.1, -0.05) is 40.0 Å². The minimum absolute atomic E-state index is 0.0488. The molecule has 2 unspecified atom stereocenters. The Kier molecular flexibility index (Phi) is 10.9. The highest BCUT2D eigenvalue weighted by Gasteiger charge is 2.29. The lowest BCUT2D eigenvalue weighted by atomic mass is 9.99. The normalized spacial score (nSPS) is 14.4. The van der Waals surface area contributed by atoms with Crippen molar-refractivity contribution in [1.29, 1.82) is 0 Å². The summed E-state index contributed by atoms with van der Waals surface area (Å²) in [5.41, 5.74) is 0. The number of rotatable bonds is 11. The number of hydrogen-bond acceptors (Lipinski definition) is 3. The zero-order valence-corrected chi connectivity index (χ0v) is 13.1. The summed E-state index contributed by atoms with van der Waals surface area (Å²) < 4.78 is 0. The molecular weight excluding hydrogens is 240 g/mol. The second-order valence-electron chi connectivity index (χ2n) is 5.17. The van der Waals surface area contributed by atoms with Gasteiger partial charge in [0.15, 0.2) is 0 Å². The Bertz CT molecular complexity index is 226. The van der Waals surface area contributed by atoms with Gasteiger partial charge in [0.25, 0.3) is 0 Å². The van der Waals surface area contributed by atoms with Crippen LogP contribution < -0.4 is 5.32 Å². The fraction of sp³-hybridized carbons (Fsp3) is 0.933. The molecule has 0 aromatic rings. The van der Waals surface area contributed by atoms with Crippen molar-refractivity contribution < 1.29 is 9.90 Å². The van der Waals surface area contributed by atoms with Crippen LogP contribution in [-0.2, 0) is 4.79 Å². The molecule has 0 spiro atoms. The number of carbonyl (C=O) groups excluding carboxylic acids is 1. The van der Waals surface area contributed by atoms with Crippen LogP contribution in [0.15, 0.2) is 0 Å². The molecule has 0 saturated carbocycles. The summed E-state index contributed by atoms with van der Waals surface area (Å²) in [6.45, 7) is 8.08. The average molecular weight is 272 g/mol. The summed E-state index contributed by atoms with van der Waals surface area (Å²) in [5, 5.41) is 13.2. The number of hydrogen-bond donors (Lipinski definition) is 2. The van der Waals surface area contributed by atoms with E-state index in [1.165, 1.54) is 0 Å². The zero-order valence-electron chi connectivity index (χ0n) is 13.1. The van der Waals surface area contributed by atoms with E-state index in [0.717, 1.165) is 51.6 Å². The van der Waals surface area contributed by atoms with E-state index in [2.05, 4.69) is 24.1 Å². The summed E-state index contributed by atoms with van der Waals surface area (Å²) in [4.78, 5) is 14.0. The first kappa shape index (κ1) is 18.4. The first-order valence-electron chi connectivity index (χ1n) is 7.75. The lowest BCUT2D eigenvalue weighted by molar-refractivity contribution is -0.135. The third-order valence-corrected chi connectivity index (χ3v) is 3.51. The fourth-order valence-electron chi connectivity index (χ4n) is 2.27. The summed E-state index contributed by atoms with van der Waals surface area (Å²) in [6.07, 6.45) is 5.32. The van der Waals surface area contributed by atoms with Gasteiger partial charge in [-0.25, -0.2) is 0 Å². The summed E-state index contributed by atoms with van der Waals surface area (Å²) >= 11 is 0. The molecule has 0 rings (SSSR count). The first-order valence-corrected chi connectivity index (χ1v) is 7.75. The van der Waals surface area contributed by atoms with Crippen LogP contribution in [0.3, 0.4) is 0 Å². The van der Waals surface area contributed by atoms with Crippen molar-refractivity contribution in [2.45, 2.75) is 65.5 Å². The van der Waals surface area contributed by atoms with Crippen molar-refractivity contribution in [2.75, 3.05) is 20.1 Å². The van der Waals surface area contributed by atoms with Gasteiger partial charge < -0.3 is 10.4 Å². The molecule has 19 heavy (non-hydrogen) atoms. The molecule has 4 nitrogen and oxygen atoms in total. The third-order valence-electron chi connectivity index (χ3n) is 3.51. The van der Waals surface area contributed by atoms with Crippen LogP contribution in [0, 0.1) is 5.92 Å². The maximum atomic E-state index is 11.9. The molecule has 2 atom stereocenters. The molecule has 2 N–H and O–H groups in total. The molecule has 0 saturated heterocycles. The van der Waals surface area contributed by atoms with Crippen LogP contribution in [0.25, 0.3) is 0 Å². The van der Waals surface area contributed by atoms with Crippen molar-refractivity contribution in [3.63, 3.8) is 0 Å². The Morgan fingerprint density at radius 2 is 1.63 bits per heavy atom. The Balaban J connectivity index is 4.67. The van der Waals surface area contributed by atoms with Crippen molar-refractivity contribution in [1.82, 2.24) is 10.2 Å². The van der Waals surface area contributed by atoms with Crippen LogP contribution in [0.5, 0.6) is 0 Å². The molecule has 0 heterocycles. The van der Waals surface area contributed by atoms with Crippen molar-refractivity contribution in [2.24, 2.45) is 5.92 Å². The lowest BCUT2D eigenvalue weighted by Crippen LogP contribution is -2.47. The Morgan fingerprint density at radius 3 is 2.00 bits per heavy atom. The third kappa shape index (κ3) is 6.92. The molecule has 4 heteroatoms. The SMILES string of the molecule is CCCCN(CCCC)C(O)C(CCC)C(=O)NC. The molecule has 0 aliphatic rings. The number of nitrogens with zero attached hydrogens (tertiary/aromatic N) is 1. The minimum atomic E-state index is -0.655. The predicted molar refractivity (Wildman–Crippen MR) is 79.9 cm³/mol. The smallest absolute Gasteiger partial charge is 0.226 e. The largest absolute Gasteiger partial charge is 0.378 e. The molecule has 0 radical (unpaired) electrons. The number of aliphatic hydroxyl groups is 1. The average Bonchev–Trinajstić information content (AvgIpc) is 2.43. The van der Waals surface area contributed by atoms with Gasteiger partial charge in [0.1, 0.15) is 6.23 Å². The molecule has 1 amide bonds. The second-order valence-corrected chi connectivity index (χ2v) is 5.17. The van der Waals surface area contributed by atoms with Crippen molar-refractivity contribution in [3.8, 4) is 0 Å². The number of unbranched alkanes of at least 4 members (excludes halogenated alkanes) is 2. The van der Waals surface area contributed by atoms with Gasteiger partial charge in [0, 0.05) is 20.1 Å². The van der Waals surface area contributed by atoms with E-state index in [1.54, 1.807) is 7.05 Å². The summed E-state index contributed by atoms with van der Waals surface area (Å²) in [5.74, 6) is -0.365. The monoisotopic (exact) mass is 272 g/mol. The molecule has 0 aliphatic heterocycles. The number of nitrogens with one attached hydrogen (secondary N) is 1. The van der Waals surface area contributed by atoms with Gasteiger partial charge in [-0.15, -0.1) is 0 Å². The van der Waals surface area contributed by atoms with E-state index >= 15 is 0 Å². The lowest BCUT2D eigenvalue weighted by Gasteiger charge is -2.32. The Hall–Kier alpha value is -0.610. The minimum Gasteiger partial charge on any atom is -0.378 e. The van der Waals surface area contributed by atoms with Crippen molar-refractivity contribution >= 4 is 5.91 Å². The topological polar surface area (TPSA) is 52.6 Å². The molecule has 0 bridgehead atoms. The molecule has 0 aromatic heterocycles.